The van der Waals surface area contributed by atoms with Crippen molar-refractivity contribution < 1.29 is 14.0 Å². The van der Waals surface area contributed by atoms with Gasteiger partial charge >= 0.3 is 0 Å². The van der Waals surface area contributed by atoms with Crippen LogP contribution in [0.15, 0.2) is 24.3 Å². The van der Waals surface area contributed by atoms with E-state index in [-0.39, 0.29) is 24.2 Å². The van der Waals surface area contributed by atoms with E-state index in [1.54, 1.807) is 18.2 Å². The molecule has 1 aliphatic heterocycles. The minimum absolute atomic E-state index is 0. The van der Waals surface area contributed by atoms with Gasteiger partial charge in [-0.2, -0.15) is 0 Å². The summed E-state index contributed by atoms with van der Waals surface area (Å²) >= 11 is 0. The first-order chi connectivity index (χ1) is 11.5. The van der Waals surface area contributed by atoms with Crippen LogP contribution in [0.4, 0.5) is 4.39 Å². The fourth-order valence-electron chi connectivity index (χ4n) is 3.11. The second-order valence-corrected chi connectivity index (χ2v) is 6.57. The first kappa shape index (κ1) is 21.4. The Hall–Kier alpha value is -1.66. The van der Waals surface area contributed by atoms with Gasteiger partial charge in [-0.05, 0) is 24.8 Å². The van der Waals surface area contributed by atoms with E-state index in [1.807, 2.05) is 18.7 Å². The molecule has 140 valence electrons. The number of rotatable bonds is 6. The Labute approximate surface area is 154 Å². The Kier molecular flexibility index (Phi) is 8.32. The normalized spacial score (nSPS) is 18.5. The first-order valence-electron chi connectivity index (χ1n) is 8.45. The zero-order chi connectivity index (χ0) is 17.7. The predicted molar refractivity (Wildman–Crippen MR) is 98.0 cm³/mol. The van der Waals surface area contributed by atoms with E-state index in [4.69, 9.17) is 0 Å². The highest BCUT2D eigenvalue weighted by atomic mass is 35.5. The summed E-state index contributed by atoms with van der Waals surface area (Å²) in [4.78, 5) is 26.8. The number of likely N-dealkylation sites (N-methyl/N-ethyl adjacent to an activating group) is 1. The predicted octanol–water partition coefficient (Wildman–Crippen LogP) is 2.27. The van der Waals surface area contributed by atoms with Crippen LogP contribution in [0.2, 0.25) is 0 Å². The molecule has 2 atom stereocenters. The number of carbonyl (C=O) groups is 2. The maximum Gasteiger partial charge on any atom is 0.241 e. The fraction of sp³-hybridized carbons (Fsp3) is 0.556. The van der Waals surface area contributed by atoms with E-state index in [9.17, 15) is 14.0 Å². The zero-order valence-electron chi connectivity index (χ0n) is 14.9. The van der Waals surface area contributed by atoms with Crippen LogP contribution >= 0.6 is 12.4 Å². The summed E-state index contributed by atoms with van der Waals surface area (Å²) in [7, 11) is 1.53. The van der Waals surface area contributed by atoms with Crippen LogP contribution in [-0.4, -0.2) is 42.9 Å². The number of amides is 2. The van der Waals surface area contributed by atoms with Gasteiger partial charge in [0.05, 0.1) is 6.04 Å². The van der Waals surface area contributed by atoms with Gasteiger partial charge in [-0.3, -0.25) is 14.5 Å². The van der Waals surface area contributed by atoms with Gasteiger partial charge in [0, 0.05) is 25.7 Å². The van der Waals surface area contributed by atoms with Crippen LogP contribution in [0.5, 0.6) is 0 Å². The van der Waals surface area contributed by atoms with Crippen LogP contribution < -0.4 is 10.6 Å². The van der Waals surface area contributed by atoms with E-state index >= 15 is 0 Å². The number of likely N-dealkylation sites (tertiary alicyclic amines) is 1. The molecule has 0 aliphatic carbocycles. The summed E-state index contributed by atoms with van der Waals surface area (Å²) in [6.07, 6.45) is 1.48. The third kappa shape index (κ3) is 5.16. The third-order valence-corrected chi connectivity index (χ3v) is 4.31. The first-order valence-corrected chi connectivity index (χ1v) is 8.45. The highest BCUT2D eigenvalue weighted by Crippen LogP contribution is 2.31. The lowest BCUT2D eigenvalue weighted by Crippen LogP contribution is -2.49. The number of nitrogens with zero attached hydrogens (tertiary/aromatic N) is 1. The molecular formula is C18H27ClFN3O2. The molecule has 0 bridgehead atoms. The average molecular weight is 372 g/mol. The Morgan fingerprint density at radius 1 is 1.32 bits per heavy atom. The van der Waals surface area contributed by atoms with Gasteiger partial charge in [-0.15, -0.1) is 12.4 Å². The fourth-order valence-corrected chi connectivity index (χ4v) is 3.11. The average Bonchev–Trinajstić information content (AvgIpc) is 3.03. The summed E-state index contributed by atoms with van der Waals surface area (Å²) in [5.41, 5.74) is 0.306. The Balaban J connectivity index is 0.00000312. The Bertz CT molecular complexity index is 597. The van der Waals surface area contributed by atoms with Gasteiger partial charge in [0.15, 0.2) is 0 Å². The quantitative estimate of drug-likeness (QED) is 0.806. The molecule has 0 radical (unpaired) electrons. The lowest BCUT2D eigenvalue weighted by molar-refractivity contribution is -0.131. The molecule has 0 spiro atoms. The number of hydrogen-bond donors (Lipinski definition) is 2. The number of hydrogen-bond acceptors (Lipinski definition) is 3. The number of benzene rings is 1. The standard InChI is InChI=1S/C18H26FN3O2.ClH/c1-12(2)11-21-17(23)15-9-6-10-22(15)16(18(24)20-3)13-7-4-5-8-14(13)19;/h4-5,7-8,12,15-16H,6,9-11H2,1-3H3,(H,20,24)(H,21,23);1H/t15-,16+;/m0./s1. The second kappa shape index (κ2) is 9.73. The molecule has 5 nitrogen and oxygen atoms in total. The van der Waals surface area contributed by atoms with Crippen molar-refractivity contribution in [3.05, 3.63) is 35.6 Å². The molecule has 0 aromatic heterocycles. The van der Waals surface area contributed by atoms with Crippen molar-refractivity contribution in [3.63, 3.8) is 0 Å². The molecule has 1 fully saturated rings. The largest absolute Gasteiger partial charge is 0.358 e. The van der Waals surface area contributed by atoms with E-state index < -0.39 is 17.9 Å². The molecule has 2 N–H and O–H groups in total. The monoisotopic (exact) mass is 371 g/mol. The van der Waals surface area contributed by atoms with Crippen LogP contribution in [0.25, 0.3) is 0 Å². The van der Waals surface area contributed by atoms with Crippen molar-refractivity contribution in [3.8, 4) is 0 Å². The van der Waals surface area contributed by atoms with Gasteiger partial charge in [-0.1, -0.05) is 32.0 Å². The van der Waals surface area contributed by atoms with Gasteiger partial charge < -0.3 is 10.6 Å². The van der Waals surface area contributed by atoms with Gasteiger partial charge in [0.25, 0.3) is 0 Å². The van der Waals surface area contributed by atoms with Crippen molar-refractivity contribution >= 4 is 24.2 Å². The minimum Gasteiger partial charge on any atom is -0.358 e. The summed E-state index contributed by atoms with van der Waals surface area (Å²) in [6.45, 7) is 5.23. The molecule has 1 aromatic rings. The van der Waals surface area contributed by atoms with Crippen LogP contribution in [-0.2, 0) is 9.59 Å². The summed E-state index contributed by atoms with van der Waals surface area (Å²) < 4.78 is 14.3. The molecule has 0 saturated carbocycles. The maximum absolute atomic E-state index is 14.3. The molecule has 7 heteroatoms. The number of nitrogens with one attached hydrogen (secondary N) is 2. The highest BCUT2D eigenvalue weighted by molar-refractivity contribution is 5.86. The molecule has 1 aliphatic rings. The van der Waals surface area contributed by atoms with Crippen LogP contribution in [0, 0.1) is 11.7 Å². The van der Waals surface area contributed by atoms with Crippen molar-refractivity contribution in [1.82, 2.24) is 15.5 Å². The van der Waals surface area contributed by atoms with Crippen molar-refractivity contribution in [2.75, 3.05) is 20.1 Å². The lowest BCUT2D eigenvalue weighted by Gasteiger charge is -2.31. The summed E-state index contributed by atoms with van der Waals surface area (Å²) in [5, 5.41) is 5.52. The van der Waals surface area contributed by atoms with E-state index in [1.165, 1.54) is 13.1 Å². The lowest BCUT2D eigenvalue weighted by atomic mass is 10.0. The zero-order valence-corrected chi connectivity index (χ0v) is 15.7. The SMILES string of the molecule is CNC(=O)[C@@H](c1ccccc1F)N1CCC[C@H]1C(=O)NCC(C)C.Cl. The Morgan fingerprint density at radius 3 is 2.60 bits per heavy atom. The van der Waals surface area contributed by atoms with Gasteiger partial charge in [0.1, 0.15) is 11.9 Å². The molecular weight excluding hydrogens is 345 g/mol. The number of carbonyl (C=O) groups excluding carboxylic acids is 2. The van der Waals surface area contributed by atoms with Crippen molar-refractivity contribution in [1.29, 1.82) is 0 Å². The molecule has 1 heterocycles. The molecule has 2 rings (SSSR count). The summed E-state index contributed by atoms with van der Waals surface area (Å²) in [5.74, 6) is -0.473. The van der Waals surface area contributed by atoms with E-state index in [0.29, 0.717) is 31.0 Å². The minimum atomic E-state index is -0.798. The molecule has 1 saturated heterocycles. The molecule has 25 heavy (non-hydrogen) atoms. The van der Waals surface area contributed by atoms with Gasteiger partial charge in [0.2, 0.25) is 11.8 Å². The molecule has 0 unspecified atom stereocenters. The third-order valence-electron chi connectivity index (χ3n) is 4.31. The van der Waals surface area contributed by atoms with Crippen LogP contribution in [0.1, 0.15) is 38.3 Å². The Morgan fingerprint density at radius 2 is 2.00 bits per heavy atom. The molecule has 1 aromatic carbocycles. The molecule has 2 amide bonds. The topological polar surface area (TPSA) is 61.4 Å². The smallest absolute Gasteiger partial charge is 0.241 e. The maximum atomic E-state index is 14.3. The van der Waals surface area contributed by atoms with Crippen molar-refractivity contribution in [2.45, 2.75) is 38.8 Å². The highest BCUT2D eigenvalue weighted by Gasteiger charge is 2.39. The van der Waals surface area contributed by atoms with E-state index in [2.05, 4.69) is 10.6 Å². The van der Waals surface area contributed by atoms with Crippen LogP contribution in [0.3, 0.4) is 0 Å². The number of halogens is 2. The van der Waals surface area contributed by atoms with Crippen molar-refractivity contribution in [2.24, 2.45) is 5.92 Å². The summed E-state index contributed by atoms with van der Waals surface area (Å²) in [6, 6.07) is 5.04. The van der Waals surface area contributed by atoms with Gasteiger partial charge in [-0.25, -0.2) is 4.39 Å². The second-order valence-electron chi connectivity index (χ2n) is 6.57. The van der Waals surface area contributed by atoms with E-state index in [0.717, 1.165) is 6.42 Å².